The Labute approximate surface area is 137 Å². The van der Waals surface area contributed by atoms with E-state index in [-0.39, 0.29) is 15.1 Å². The molecule has 2 rings (SSSR count). The van der Waals surface area contributed by atoms with Gasteiger partial charge >= 0.3 is 0 Å². The Kier molecular flexibility index (Phi) is 2.89. The van der Waals surface area contributed by atoms with Crippen LogP contribution in [0.5, 0.6) is 11.5 Å². The maximum absolute atomic E-state index is 12.0. The Morgan fingerprint density at radius 3 is 2.05 bits per heavy atom. The van der Waals surface area contributed by atoms with E-state index in [4.69, 9.17) is 11.6 Å². The Hall–Kier alpha value is -2.06. The molecule has 0 spiro atoms. The second kappa shape index (κ2) is 5.98. The van der Waals surface area contributed by atoms with E-state index in [1.54, 1.807) is 0 Å². The van der Waals surface area contributed by atoms with Gasteiger partial charge in [0, 0.05) is 0 Å². The van der Waals surface area contributed by atoms with Gasteiger partial charge in [-0.15, -0.1) is 0 Å². The zero-order valence-corrected chi connectivity index (χ0v) is 13.2. The predicted molar refractivity (Wildman–Crippen MR) is 85.1 cm³/mol. The molecule has 0 radical (unpaired) electrons. The topological polar surface area (TPSA) is 80.8 Å². The smallest absolute Gasteiger partial charge is 0.245 e. The minimum atomic E-state index is -4.27. The van der Waals surface area contributed by atoms with E-state index >= 15 is 0 Å². The van der Waals surface area contributed by atoms with Crippen molar-refractivity contribution in [1.29, 1.82) is 0 Å². The molecule has 6 nitrogen and oxygen atoms in total. The van der Waals surface area contributed by atoms with Crippen molar-refractivity contribution >= 4 is 25.7 Å². The minimum absolute atomic E-state index is 0.143. The fourth-order valence-electron chi connectivity index (χ4n) is 1.70. The molecular formula is C14H15NO5S2. The Morgan fingerprint density at radius 2 is 1.50 bits per heavy atom. The molecule has 0 amide bonds. The average Bonchev–Trinajstić information content (AvgIpc) is 2.54. The van der Waals surface area contributed by atoms with E-state index in [1.807, 2.05) is 0 Å². The van der Waals surface area contributed by atoms with Gasteiger partial charge in [0.2, 0.25) is 20.0 Å². The van der Waals surface area contributed by atoms with E-state index in [2.05, 4.69) is 0 Å². The first-order valence-electron chi connectivity index (χ1n) is 8.31. The summed E-state index contributed by atoms with van der Waals surface area (Å²) >= 11 is 0. The molecule has 0 saturated carbocycles. The van der Waals surface area contributed by atoms with Gasteiger partial charge in [-0.3, -0.25) is 0 Å². The molecule has 0 atom stereocenters. The molecule has 0 fully saturated rings. The van der Waals surface area contributed by atoms with Gasteiger partial charge in [-0.25, -0.2) is 16.8 Å². The lowest BCUT2D eigenvalue weighted by Gasteiger charge is -2.22. The second-order valence-electron chi connectivity index (χ2n) is 4.25. The number of ether oxygens (including phenoxy) is 1. The number of para-hydroxylation sites is 3. The van der Waals surface area contributed by atoms with Crippen molar-refractivity contribution in [2.45, 2.75) is 0 Å². The van der Waals surface area contributed by atoms with Crippen LogP contribution in [0.25, 0.3) is 0 Å². The van der Waals surface area contributed by atoms with Crippen LogP contribution in [0.4, 0.5) is 5.69 Å². The summed E-state index contributed by atoms with van der Waals surface area (Å²) in [5, 5.41) is 0. The third kappa shape index (κ3) is 3.77. The van der Waals surface area contributed by atoms with Crippen LogP contribution in [0.2, 0.25) is 0 Å². The fourth-order valence-corrected chi connectivity index (χ4v) is 4.68. The van der Waals surface area contributed by atoms with Gasteiger partial charge in [0.1, 0.15) is 11.4 Å². The maximum Gasteiger partial charge on any atom is 0.245 e. The number of hydrogen-bond acceptors (Lipinski definition) is 5. The summed E-state index contributed by atoms with van der Waals surface area (Å²) < 4.78 is 92.1. The second-order valence-corrected chi connectivity index (χ2v) is 8.14. The number of hydrogen-bond donors (Lipinski definition) is 0. The van der Waals surface area contributed by atoms with Crippen molar-refractivity contribution in [2.75, 3.05) is 16.2 Å². The molecule has 0 saturated heterocycles. The SMILES string of the molecule is [2H]c1c([2H])c([2H])c(Oc2ccccc2N(S(C)(=O)=O)S(C)(=O)=O)c([2H])c1[2H]. The first-order chi connectivity index (χ1) is 12.3. The van der Waals surface area contributed by atoms with Gasteiger partial charge in [0.25, 0.3) is 0 Å². The highest BCUT2D eigenvalue weighted by molar-refractivity contribution is 8.09. The van der Waals surface area contributed by atoms with Crippen molar-refractivity contribution in [2.24, 2.45) is 0 Å². The van der Waals surface area contributed by atoms with Crippen molar-refractivity contribution in [3.05, 3.63) is 54.5 Å². The third-order valence-electron chi connectivity index (χ3n) is 2.35. The fraction of sp³-hybridized carbons (Fsp3) is 0.143. The number of benzene rings is 2. The highest BCUT2D eigenvalue weighted by Gasteiger charge is 2.29. The number of rotatable bonds is 5. The molecule has 0 aliphatic rings. The predicted octanol–water partition coefficient (Wildman–Crippen LogP) is 2.20. The first-order valence-corrected chi connectivity index (χ1v) is 9.50. The van der Waals surface area contributed by atoms with Gasteiger partial charge in [0.05, 0.1) is 19.4 Å². The van der Waals surface area contributed by atoms with Crippen LogP contribution in [0, 0.1) is 0 Å². The zero-order chi connectivity index (χ0) is 20.7. The molecule has 2 aromatic rings. The Balaban J connectivity index is 2.72. The lowest BCUT2D eigenvalue weighted by atomic mass is 10.3. The van der Waals surface area contributed by atoms with E-state index < -0.39 is 56.0 Å². The van der Waals surface area contributed by atoms with Crippen molar-refractivity contribution < 1.29 is 28.4 Å². The zero-order valence-electron chi connectivity index (χ0n) is 16.6. The molecule has 118 valence electrons. The van der Waals surface area contributed by atoms with Crippen LogP contribution < -0.4 is 8.45 Å². The van der Waals surface area contributed by atoms with Gasteiger partial charge in [-0.1, -0.05) is 30.3 Å². The molecule has 8 heteroatoms. The van der Waals surface area contributed by atoms with Crippen molar-refractivity contribution in [3.63, 3.8) is 0 Å². The normalized spacial score (nSPS) is 15.1. The average molecular weight is 346 g/mol. The standard InChI is InChI=1S/C14H15NO5S2/c1-21(16,17)15(22(2,18)19)13-10-6-7-11-14(13)20-12-8-4-3-5-9-12/h3-11H,1-2H3/i3D,4D,5D,8D,9D. The van der Waals surface area contributed by atoms with Gasteiger partial charge in [-0.05, 0) is 24.2 Å². The van der Waals surface area contributed by atoms with E-state index in [1.165, 1.54) is 18.2 Å². The lowest BCUT2D eigenvalue weighted by molar-refractivity contribution is 0.483. The molecule has 0 aliphatic heterocycles. The monoisotopic (exact) mass is 346 g/mol. The molecule has 0 bridgehead atoms. The maximum atomic E-state index is 12.0. The van der Waals surface area contributed by atoms with Crippen LogP contribution >= 0.6 is 0 Å². The first kappa shape index (κ1) is 10.6. The quantitative estimate of drug-likeness (QED) is 0.829. The third-order valence-corrected chi connectivity index (χ3v) is 5.58. The van der Waals surface area contributed by atoms with E-state index in [9.17, 15) is 16.8 Å². The molecule has 0 unspecified atom stereocenters. The molecular weight excluding hydrogens is 326 g/mol. The lowest BCUT2D eigenvalue weighted by Crippen LogP contribution is -2.35. The summed E-state index contributed by atoms with van der Waals surface area (Å²) in [4.78, 5) is 0. The van der Waals surface area contributed by atoms with Crippen LogP contribution in [-0.2, 0) is 20.0 Å². The van der Waals surface area contributed by atoms with Gasteiger partial charge < -0.3 is 4.74 Å². The molecule has 22 heavy (non-hydrogen) atoms. The van der Waals surface area contributed by atoms with E-state index in [0.29, 0.717) is 12.5 Å². The number of sulfonamides is 2. The van der Waals surface area contributed by atoms with Gasteiger partial charge in [0.15, 0.2) is 5.75 Å². The molecule has 0 N–H and O–H groups in total. The Morgan fingerprint density at radius 1 is 0.955 bits per heavy atom. The van der Waals surface area contributed by atoms with Crippen molar-refractivity contribution in [1.82, 2.24) is 0 Å². The highest BCUT2D eigenvalue weighted by Crippen LogP contribution is 2.34. The summed E-state index contributed by atoms with van der Waals surface area (Å²) in [6.45, 7) is 0. The van der Waals surface area contributed by atoms with Crippen LogP contribution in [0.1, 0.15) is 6.85 Å². The van der Waals surface area contributed by atoms with E-state index in [0.717, 1.165) is 6.07 Å². The minimum Gasteiger partial charge on any atom is -0.455 e. The number of nitrogens with zero attached hydrogens (tertiary/aromatic N) is 1. The molecule has 2 aromatic carbocycles. The highest BCUT2D eigenvalue weighted by atomic mass is 32.3. The molecule has 0 heterocycles. The largest absolute Gasteiger partial charge is 0.455 e. The Bertz CT molecular complexity index is 1060. The summed E-state index contributed by atoms with van der Waals surface area (Å²) in [6.07, 6.45) is 1.38. The van der Waals surface area contributed by atoms with Crippen LogP contribution in [0.3, 0.4) is 0 Å². The number of anilines is 1. The summed E-state index contributed by atoms with van der Waals surface area (Å²) in [7, 11) is -8.53. The van der Waals surface area contributed by atoms with Gasteiger partial charge in [-0.2, -0.15) is 3.71 Å². The summed E-state index contributed by atoms with van der Waals surface area (Å²) in [5.74, 6) is -0.873. The molecule has 0 aliphatic carbocycles. The summed E-state index contributed by atoms with van der Waals surface area (Å²) in [5.41, 5.74) is -0.380. The van der Waals surface area contributed by atoms with Crippen LogP contribution in [0.15, 0.2) is 54.5 Å². The molecule has 0 aromatic heterocycles. The summed E-state index contributed by atoms with van der Waals surface area (Å²) in [6, 6.07) is 1.94. The van der Waals surface area contributed by atoms with Crippen LogP contribution in [-0.4, -0.2) is 29.3 Å². The van der Waals surface area contributed by atoms with Crippen molar-refractivity contribution in [3.8, 4) is 11.5 Å².